The van der Waals surface area contributed by atoms with E-state index in [0.29, 0.717) is 0 Å². The molecule has 0 unspecified atom stereocenters. The van der Waals surface area contributed by atoms with Crippen LogP contribution in [0.25, 0.3) is 0 Å². The van der Waals surface area contributed by atoms with Crippen molar-refractivity contribution in [1.29, 1.82) is 0 Å². The molecule has 0 spiro atoms. The Hall–Kier alpha value is -0.610. The van der Waals surface area contributed by atoms with E-state index in [9.17, 15) is 0 Å². The van der Waals surface area contributed by atoms with E-state index in [4.69, 9.17) is 5.11 Å². The Morgan fingerprint density at radius 1 is 1.33 bits per heavy atom. The number of rotatable bonds is 2. The van der Waals surface area contributed by atoms with Gasteiger partial charge in [0.1, 0.15) is 0 Å². The molecule has 1 saturated heterocycles. The number of nitrogens with zero attached hydrogens (tertiary/aromatic N) is 2. The monoisotopic (exact) mass is 270 g/mol. The maximum Gasteiger partial charge on any atom is 0.0853 e. The number of hydrogen-bond acceptors (Lipinski definition) is 3. The number of aliphatic hydroxyl groups is 1. The summed E-state index contributed by atoms with van der Waals surface area (Å²) in [5.74, 6) is 0. The van der Waals surface area contributed by atoms with E-state index >= 15 is 0 Å². The van der Waals surface area contributed by atoms with Crippen LogP contribution in [0.5, 0.6) is 0 Å². The van der Waals surface area contributed by atoms with Gasteiger partial charge >= 0.3 is 0 Å². The quantitative estimate of drug-likeness (QED) is 0.896. The minimum absolute atomic E-state index is 0.00806. The summed E-state index contributed by atoms with van der Waals surface area (Å²) in [6.07, 6.45) is 5.61. The standard InChI is InChI=1S/C11H15BrN2O/c12-10-7-13-9(8-15)6-11(10)14-4-2-1-3-5-14/h6-7,15H,1-5,8H2. The molecule has 0 amide bonds. The zero-order chi connectivity index (χ0) is 10.7. The molecule has 2 rings (SSSR count). The summed E-state index contributed by atoms with van der Waals surface area (Å²) in [6.45, 7) is 2.22. The Bertz CT molecular complexity index is 337. The van der Waals surface area contributed by atoms with Crippen molar-refractivity contribution in [3.8, 4) is 0 Å². The third-order valence-electron chi connectivity index (χ3n) is 2.75. The minimum atomic E-state index is 0.00806. The van der Waals surface area contributed by atoms with Gasteiger partial charge in [0.15, 0.2) is 0 Å². The fourth-order valence-electron chi connectivity index (χ4n) is 1.93. The molecule has 0 atom stereocenters. The van der Waals surface area contributed by atoms with E-state index in [1.165, 1.54) is 19.3 Å². The van der Waals surface area contributed by atoms with Crippen molar-refractivity contribution < 1.29 is 5.11 Å². The van der Waals surface area contributed by atoms with Crippen LogP contribution in [0.4, 0.5) is 5.69 Å². The van der Waals surface area contributed by atoms with Gasteiger partial charge in [0, 0.05) is 19.3 Å². The normalized spacial score (nSPS) is 16.8. The zero-order valence-corrected chi connectivity index (χ0v) is 10.2. The number of aliphatic hydroxyl groups excluding tert-OH is 1. The molecule has 0 aromatic carbocycles. The largest absolute Gasteiger partial charge is 0.390 e. The first-order valence-electron chi connectivity index (χ1n) is 5.31. The van der Waals surface area contributed by atoms with Crippen LogP contribution < -0.4 is 4.90 Å². The van der Waals surface area contributed by atoms with Gasteiger partial charge in [0.05, 0.1) is 22.5 Å². The summed E-state index contributed by atoms with van der Waals surface area (Å²) < 4.78 is 1.02. The predicted molar refractivity (Wildman–Crippen MR) is 63.9 cm³/mol. The Kier molecular flexibility index (Phi) is 3.59. The highest BCUT2D eigenvalue weighted by Crippen LogP contribution is 2.28. The van der Waals surface area contributed by atoms with E-state index in [-0.39, 0.29) is 6.61 Å². The summed E-state index contributed by atoms with van der Waals surface area (Å²) in [5, 5.41) is 9.05. The van der Waals surface area contributed by atoms with Crippen LogP contribution in [0.2, 0.25) is 0 Å². The number of halogens is 1. The fourth-order valence-corrected chi connectivity index (χ4v) is 2.40. The second kappa shape index (κ2) is 4.94. The van der Waals surface area contributed by atoms with Crippen molar-refractivity contribution in [2.45, 2.75) is 25.9 Å². The number of piperidine rings is 1. The van der Waals surface area contributed by atoms with Gasteiger partial charge in [-0.2, -0.15) is 0 Å². The lowest BCUT2D eigenvalue weighted by Gasteiger charge is -2.29. The van der Waals surface area contributed by atoms with Crippen molar-refractivity contribution >= 4 is 21.6 Å². The molecule has 15 heavy (non-hydrogen) atoms. The number of pyridine rings is 1. The SMILES string of the molecule is OCc1cc(N2CCCCC2)c(Br)cn1. The van der Waals surface area contributed by atoms with Crippen molar-refractivity contribution in [3.05, 3.63) is 22.4 Å². The van der Waals surface area contributed by atoms with Crippen LogP contribution in [0, 0.1) is 0 Å². The maximum atomic E-state index is 9.05. The lowest BCUT2D eigenvalue weighted by Crippen LogP contribution is -2.29. The second-order valence-corrected chi connectivity index (χ2v) is 4.69. The molecule has 1 aromatic heterocycles. The van der Waals surface area contributed by atoms with Crippen LogP contribution in [0.1, 0.15) is 25.0 Å². The Morgan fingerprint density at radius 2 is 2.07 bits per heavy atom. The van der Waals surface area contributed by atoms with Gasteiger partial charge in [0.2, 0.25) is 0 Å². The van der Waals surface area contributed by atoms with Crippen LogP contribution in [-0.4, -0.2) is 23.2 Å². The second-order valence-electron chi connectivity index (χ2n) is 3.83. The lowest BCUT2D eigenvalue weighted by atomic mass is 10.1. The van der Waals surface area contributed by atoms with Crippen LogP contribution in [0.15, 0.2) is 16.7 Å². The molecule has 1 fully saturated rings. The average Bonchev–Trinajstić information content (AvgIpc) is 2.31. The smallest absolute Gasteiger partial charge is 0.0853 e. The van der Waals surface area contributed by atoms with Crippen molar-refractivity contribution in [2.24, 2.45) is 0 Å². The molecule has 0 aliphatic carbocycles. The van der Waals surface area contributed by atoms with Gasteiger partial charge in [0.25, 0.3) is 0 Å². The maximum absolute atomic E-state index is 9.05. The van der Waals surface area contributed by atoms with Crippen molar-refractivity contribution in [2.75, 3.05) is 18.0 Å². The van der Waals surface area contributed by atoms with Crippen LogP contribution >= 0.6 is 15.9 Å². The van der Waals surface area contributed by atoms with E-state index in [1.807, 2.05) is 6.07 Å². The first kappa shape index (κ1) is 10.9. The Balaban J connectivity index is 2.24. The molecule has 2 heterocycles. The van der Waals surface area contributed by atoms with Gasteiger partial charge in [-0.3, -0.25) is 4.98 Å². The molecule has 82 valence electrons. The Labute approximate surface area is 98.3 Å². The topological polar surface area (TPSA) is 36.4 Å². The predicted octanol–water partition coefficient (Wildman–Crippen LogP) is 2.33. The van der Waals surface area contributed by atoms with E-state index < -0.39 is 0 Å². The van der Waals surface area contributed by atoms with Gasteiger partial charge in [-0.05, 0) is 41.3 Å². The highest BCUT2D eigenvalue weighted by Gasteiger charge is 2.14. The molecule has 0 radical (unpaired) electrons. The van der Waals surface area contributed by atoms with E-state index in [1.54, 1.807) is 6.20 Å². The van der Waals surface area contributed by atoms with Gasteiger partial charge in [-0.15, -0.1) is 0 Å². The molecule has 1 aliphatic heterocycles. The summed E-state index contributed by atoms with van der Waals surface area (Å²) in [5.41, 5.74) is 1.90. The third kappa shape index (κ3) is 2.49. The number of aromatic nitrogens is 1. The third-order valence-corrected chi connectivity index (χ3v) is 3.36. The average molecular weight is 271 g/mol. The van der Waals surface area contributed by atoms with Crippen molar-refractivity contribution in [1.82, 2.24) is 4.98 Å². The lowest BCUT2D eigenvalue weighted by molar-refractivity contribution is 0.277. The molecular formula is C11H15BrN2O. The number of hydrogen-bond donors (Lipinski definition) is 1. The minimum Gasteiger partial charge on any atom is -0.390 e. The van der Waals surface area contributed by atoms with Crippen molar-refractivity contribution in [3.63, 3.8) is 0 Å². The van der Waals surface area contributed by atoms with Gasteiger partial charge in [-0.25, -0.2) is 0 Å². The number of anilines is 1. The van der Waals surface area contributed by atoms with Crippen LogP contribution in [0.3, 0.4) is 0 Å². The zero-order valence-electron chi connectivity index (χ0n) is 8.62. The molecule has 0 saturated carbocycles. The molecule has 1 N–H and O–H groups in total. The van der Waals surface area contributed by atoms with E-state index in [2.05, 4.69) is 25.8 Å². The first-order chi connectivity index (χ1) is 7.31. The first-order valence-corrected chi connectivity index (χ1v) is 6.11. The molecule has 4 heteroatoms. The van der Waals surface area contributed by atoms with E-state index in [0.717, 1.165) is 28.9 Å². The molecule has 1 aromatic rings. The van der Waals surface area contributed by atoms with Crippen LogP contribution in [-0.2, 0) is 6.61 Å². The molecule has 3 nitrogen and oxygen atoms in total. The molecule has 1 aliphatic rings. The summed E-state index contributed by atoms with van der Waals surface area (Å²) >= 11 is 3.51. The molecule has 0 bridgehead atoms. The summed E-state index contributed by atoms with van der Waals surface area (Å²) in [7, 11) is 0. The van der Waals surface area contributed by atoms with Gasteiger partial charge < -0.3 is 10.0 Å². The Morgan fingerprint density at radius 3 is 2.73 bits per heavy atom. The molecular weight excluding hydrogens is 256 g/mol. The summed E-state index contributed by atoms with van der Waals surface area (Å²) in [4.78, 5) is 6.48. The van der Waals surface area contributed by atoms with Gasteiger partial charge in [-0.1, -0.05) is 0 Å². The highest BCUT2D eigenvalue weighted by molar-refractivity contribution is 9.10. The fraction of sp³-hybridized carbons (Fsp3) is 0.545. The summed E-state index contributed by atoms with van der Waals surface area (Å²) in [6, 6.07) is 1.97. The highest BCUT2D eigenvalue weighted by atomic mass is 79.9.